The van der Waals surface area contributed by atoms with Gasteiger partial charge in [-0.05, 0) is 73.2 Å². The van der Waals surface area contributed by atoms with Gasteiger partial charge in [0.2, 0.25) is 0 Å². The molecular weight excluding hydrogens is 420 g/mol. The summed E-state index contributed by atoms with van der Waals surface area (Å²) in [5.74, 6) is 0. The van der Waals surface area contributed by atoms with Crippen molar-refractivity contribution in [3.8, 4) is 0 Å². The zero-order chi connectivity index (χ0) is 23.8. The highest BCUT2D eigenvalue weighted by atomic mass is 14.3. The first-order chi connectivity index (χ1) is 17.1. The van der Waals surface area contributed by atoms with E-state index < -0.39 is 0 Å². The molecule has 0 heteroatoms. The van der Waals surface area contributed by atoms with E-state index >= 15 is 0 Å². The predicted octanol–water partition coefficient (Wildman–Crippen LogP) is 6.83. The molecule has 0 aliphatic heterocycles. The Labute approximate surface area is 207 Å². The minimum absolute atomic E-state index is 0.127. The number of fused-ring (bicyclic) bond motifs is 2. The lowest BCUT2D eigenvalue weighted by atomic mass is 9.73. The zero-order valence-electron chi connectivity index (χ0n) is 20.5. The van der Waals surface area contributed by atoms with Gasteiger partial charge in [0.25, 0.3) is 0 Å². The molecule has 170 valence electrons. The van der Waals surface area contributed by atoms with Gasteiger partial charge in [-0.3, -0.25) is 0 Å². The molecule has 0 aromatic heterocycles. The van der Waals surface area contributed by atoms with Gasteiger partial charge in [-0.25, -0.2) is 0 Å². The summed E-state index contributed by atoms with van der Waals surface area (Å²) in [7, 11) is 0. The molecule has 0 fully saturated rings. The standard InChI is InChI=1S/C35H30/c1-35(2,28-18-7-4-8-19-28)33(23-25-13-5-3-6-14-25)31-22-21-30-29-20-12-11-17-27(29)24-32(30)34(31)26-15-9-10-16-26/h3-15,17-22,24H,16,23H2,1-2H3. The summed E-state index contributed by atoms with van der Waals surface area (Å²) in [5.41, 5.74) is 8.22. The zero-order valence-corrected chi connectivity index (χ0v) is 20.5. The lowest BCUT2D eigenvalue weighted by molar-refractivity contribution is 0.670. The third-order valence-electron chi connectivity index (χ3n) is 7.69. The third-order valence-corrected chi connectivity index (χ3v) is 7.69. The van der Waals surface area contributed by atoms with Gasteiger partial charge in [-0.15, -0.1) is 0 Å². The van der Waals surface area contributed by atoms with Gasteiger partial charge in [0.15, 0.2) is 0 Å². The quantitative estimate of drug-likeness (QED) is 0.275. The first-order valence-electron chi connectivity index (χ1n) is 12.6. The Morgan fingerprint density at radius 3 is 2.20 bits per heavy atom. The number of rotatable bonds is 5. The second kappa shape index (κ2) is 8.71. The van der Waals surface area contributed by atoms with Crippen LogP contribution in [-0.4, -0.2) is 0 Å². The van der Waals surface area contributed by atoms with Crippen LogP contribution in [0.3, 0.4) is 0 Å². The van der Waals surface area contributed by atoms with Crippen molar-refractivity contribution in [3.05, 3.63) is 158 Å². The molecular formula is C35H30. The maximum absolute atomic E-state index is 2.40. The summed E-state index contributed by atoms with van der Waals surface area (Å²) in [5, 5.41) is 5.39. The molecule has 4 aromatic carbocycles. The minimum Gasteiger partial charge on any atom is -0.0801 e. The van der Waals surface area contributed by atoms with Crippen LogP contribution in [0.1, 0.15) is 42.5 Å². The first-order valence-corrected chi connectivity index (χ1v) is 12.6. The summed E-state index contributed by atoms with van der Waals surface area (Å²) >= 11 is 0. The van der Waals surface area contributed by atoms with Gasteiger partial charge in [-0.2, -0.15) is 0 Å². The number of benzene rings is 4. The lowest BCUT2D eigenvalue weighted by Crippen LogP contribution is -2.29. The van der Waals surface area contributed by atoms with E-state index in [-0.39, 0.29) is 5.41 Å². The van der Waals surface area contributed by atoms with Gasteiger partial charge in [-0.1, -0.05) is 129 Å². The van der Waals surface area contributed by atoms with Crippen molar-refractivity contribution in [3.63, 3.8) is 0 Å². The van der Waals surface area contributed by atoms with E-state index in [1.54, 1.807) is 0 Å². The van der Waals surface area contributed by atoms with Crippen molar-refractivity contribution >= 4 is 17.2 Å². The lowest BCUT2D eigenvalue weighted by Gasteiger charge is -2.31. The fraction of sp³-hybridized carbons (Fsp3) is 0.143. The molecule has 0 heterocycles. The molecule has 0 bridgehead atoms. The van der Waals surface area contributed by atoms with E-state index in [1.165, 1.54) is 54.3 Å². The number of allylic oxidation sites excluding steroid dienone is 4. The Kier molecular flexibility index (Phi) is 5.38. The van der Waals surface area contributed by atoms with Crippen LogP contribution >= 0.6 is 0 Å². The topological polar surface area (TPSA) is 0 Å². The highest BCUT2D eigenvalue weighted by molar-refractivity contribution is 5.81. The van der Waals surface area contributed by atoms with Crippen molar-refractivity contribution in [1.29, 1.82) is 0 Å². The van der Waals surface area contributed by atoms with E-state index in [1.807, 2.05) is 0 Å². The SMILES string of the molecule is CC(C)(C(Cc1ccccc1)=c1ccc2c(c1C1=CC=CC1)C=c1ccccc1=2)c1ccccc1. The normalized spacial score (nSPS) is 14.7. The molecule has 0 spiro atoms. The van der Waals surface area contributed by atoms with Gasteiger partial charge in [0.1, 0.15) is 0 Å². The summed E-state index contributed by atoms with van der Waals surface area (Å²) < 4.78 is 0. The molecule has 0 unspecified atom stereocenters. The average molecular weight is 451 g/mol. The molecule has 0 nitrogen and oxygen atoms in total. The molecule has 0 N–H and O–H groups in total. The summed E-state index contributed by atoms with van der Waals surface area (Å²) in [4.78, 5) is 0. The minimum atomic E-state index is -0.127. The predicted molar refractivity (Wildman–Crippen MR) is 148 cm³/mol. The fourth-order valence-electron chi connectivity index (χ4n) is 5.74. The Hall–Kier alpha value is -3.90. The molecule has 6 rings (SSSR count). The van der Waals surface area contributed by atoms with Crippen LogP contribution in [0.2, 0.25) is 0 Å². The Balaban J connectivity index is 1.72. The van der Waals surface area contributed by atoms with E-state index in [2.05, 4.69) is 135 Å². The Morgan fingerprint density at radius 2 is 1.46 bits per heavy atom. The largest absolute Gasteiger partial charge is 0.0801 e. The van der Waals surface area contributed by atoms with Crippen LogP contribution in [0.4, 0.5) is 0 Å². The Morgan fingerprint density at radius 1 is 0.743 bits per heavy atom. The van der Waals surface area contributed by atoms with E-state index in [0.29, 0.717) is 0 Å². The third kappa shape index (κ3) is 3.80. The molecule has 0 amide bonds. The Bertz CT molecular complexity index is 1680. The number of hydrogen-bond donors (Lipinski definition) is 0. The van der Waals surface area contributed by atoms with Gasteiger partial charge in [0, 0.05) is 5.41 Å². The van der Waals surface area contributed by atoms with Crippen molar-refractivity contribution in [2.45, 2.75) is 32.1 Å². The van der Waals surface area contributed by atoms with Crippen molar-refractivity contribution in [2.75, 3.05) is 0 Å². The van der Waals surface area contributed by atoms with Crippen LogP contribution < -0.4 is 10.4 Å². The van der Waals surface area contributed by atoms with Crippen molar-refractivity contribution in [1.82, 2.24) is 0 Å². The molecule has 0 saturated carbocycles. The van der Waals surface area contributed by atoms with Crippen molar-refractivity contribution < 1.29 is 0 Å². The highest BCUT2D eigenvalue weighted by Crippen LogP contribution is 2.36. The van der Waals surface area contributed by atoms with Crippen LogP contribution in [-0.2, 0) is 11.8 Å². The highest BCUT2D eigenvalue weighted by Gasteiger charge is 2.28. The molecule has 2 aliphatic carbocycles. The average Bonchev–Trinajstić information content (AvgIpc) is 3.56. The van der Waals surface area contributed by atoms with Crippen LogP contribution in [0.25, 0.3) is 17.2 Å². The molecule has 2 aliphatic rings. The smallest absolute Gasteiger partial charge is 0.0118 e. The molecule has 35 heavy (non-hydrogen) atoms. The van der Waals surface area contributed by atoms with Crippen LogP contribution in [0.15, 0.2) is 115 Å². The summed E-state index contributed by atoms with van der Waals surface area (Å²) in [6.45, 7) is 4.77. The van der Waals surface area contributed by atoms with E-state index in [9.17, 15) is 0 Å². The second-order valence-electron chi connectivity index (χ2n) is 10.1. The fourth-order valence-corrected chi connectivity index (χ4v) is 5.74. The summed E-state index contributed by atoms with van der Waals surface area (Å²) in [6.07, 6.45) is 11.1. The van der Waals surface area contributed by atoms with Gasteiger partial charge < -0.3 is 0 Å². The maximum atomic E-state index is 2.40. The van der Waals surface area contributed by atoms with Crippen LogP contribution in [0.5, 0.6) is 0 Å². The monoisotopic (exact) mass is 450 g/mol. The molecule has 0 saturated heterocycles. The van der Waals surface area contributed by atoms with Gasteiger partial charge in [0.05, 0.1) is 0 Å². The van der Waals surface area contributed by atoms with E-state index in [4.69, 9.17) is 0 Å². The number of hydrogen-bond acceptors (Lipinski definition) is 0. The molecule has 0 atom stereocenters. The molecule has 0 radical (unpaired) electrons. The maximum Gasteiger partial charge on any atom is 0.0118 e. The van der Waals surface area contributed by atoms with E-state index in [0.717, 1.165) is 12.8 Å². The first kappa shape index (κ1) is 21.6. The van der Waals surface area contributed by atoms with Gasteiger partial charge >= 0.3 is 0 Å². The summed E-state index contributed by atoms with van der Waals surface area (Å²) in [6, 6.07) is 35.4. The molecule has 4 aromatic rings. The second-order valence-corrected chi connectivity index (χ2v) is 10.1. The van der Waals surface area contributed by atoms with Crippen LogP contribution in [0, 0.1) is 10.4 Å². The van der Waals surface area contributed by atoms with Crippen molar-refractivity contribution in [2.24, 2.45) is 0 Å².